The van der Waals surface area contributed by atoms with Crippen molar-refractivity contribution >= 4 is 11.6 Å². The van der Waals surface area contributed by atoms with Crippen LogP contribution in [0.2, 0.25) is 0 Å². The number of aliphatic hydroxyl groups is 1. The molecule has 0 aliphatic carbocycles. The van der Waals surface area contributed by atoms with E-state index in [-0.39, 0.29) is 6.61 Å². The van der Waals surface area contributed by atoms with Crippen molar-refractivity contribution in [3.63, 3.8) is 0 Å². The maximum atomic E-state index is 9.14. The van der Waals surface area contributed by atoms with Crippen LogP contribution in [-0.2, 0) is 6.61 Å². The average molecular weight is 294 g/mol. The molecular weight excluding hydrogens is 276 g/mol. The number of hydrogen-bond donors (Lipinski definition) is 2. The molecule has 2 N–H and O–H groups in total. The highest BCUT2D eigenvalue weighted by atomic mass is 16.3. The van der Waals surface area contributed by atoms with E-state index in [1.54, 1.807) is 6.20 Å². The van der Waals surface area contributed by atoms with Crippen LogP contribution < -0.4 is 5.32 Å². The Hall–Kier alpha value is -2.66. The molecule has 5 nitrogen and oxygen atoms in total. The zero-order valence-corrected chi connectivity index (χ0v) is 12.6. The molecule has 0 unspecified atom stereocenters. The summed E-state index contributed by atoms with van der Waals surface area (Å²) >= 11 is 0. The lowest BCUT2D eigenvalue weighted by Crippen LogP contribution is -2.01. The van der Waals surface area contributed by atoms with Gasteiger partial charge in [-0.25, -0.2) is 4.98 Å². The fraction of sp³-hybridized carbons (Fsp3) is 0.176. The first-order chi connectivity index (χ1) is 10.6. The van der Waals surface area contributed by atoms with Gasteiger partial charge < -0.3 is 15.0 Å². The normalized spacial score (nSPS) is 10.7. The number of anilines is 2. The Kier molecular flexibility index (Phi) is 3.89. The number of nitrogens with one attached hydrogen (secondary N) is 1. The highest BCUT2D eigenvalue weighted by molar-refractivity contribution is 5.56. The van der Waals surface area contributed by atoms with Gasteiger partial charge in [0.05, 0.1) is 6.61 Å². The molecule has 3 aromatic rings. The first-order valence-corrected chi connectivity index (χ1v) is 7.10. The van der Waals surface area contributed by atoms with E-state index < -0.39 is 0 Å². The monoisotopic (exact) mass is 294 g/mol. The van der Waals surface area contributed by atoms with Crippen molar-refractivity contribution in [2.45, 2.75) is 20.5 Å². The second kappa shape index (κ2) is 5.99. The van der Waals surface area contributed by atoms with Gasteiger partial charge in [-0.2, -0.15) is 4.98 Å². The van der Waals surface area contributed by atoms with E-state index >= 15 is 0 Å². The second-order valence-corrected chi connectivity index (χ2v) is 5.32. The summed E-state index contributed by atoms with van der Waals surface area (Å²) in [6.45, 7) is 4.14. The van der Waals surface area contributed by atoms with Gasteiger partial charge >= 0.3 is 0 Å². The largest absolute Gasteiger partial charge is 0.392 e. The van der Waals surface area contributed by atoms with Gasteiger partial charge in [0, 0.05) is 24.3 Å². The van der Waals surface area contributed by atoms with E-state index in [2.05, 4.69) is 47.3 Å². The van der Waals surface area contributed by atoms with Gasteiger partial charge in [0.25, 0.3) is 0 Å². The summed E-state index contributed by atoms with van der Waals surface area (Å²) in [5.74, 6) is 1.29. The zero-order chi connectivity index (χ0) is 15.5. The van der Waals surface area contributed by atoms with Crippen LogP contribution in [0.25, 0.3) is 5.82 Å². The lowest BCUT2D eigenvalue weighted by Gasteiger charge is -2.09. The second-order valence-electron chi connectivity index (χ2n) is 5.32. The van der Waals surface area contributed by atoms with Gasteiger partial charge in [0.15, 0.2) is 0 Å². The number of aliphatic hydroxyl groups excluding tert-OH is 1. The molecule has 0 radical (unpaired) electrons. The summed E-state index contributed by atoms with van der Waals surface area (Å²) < 4.78 is 1.86. The summed E-state index contributed by atoms with van der Waals surface area (Å²) in [6.07, 6.45) is 5.43. The Morgan fingerprint density at radius 2 is 1.91 bits per heavy atom. The molecule has 112 valence electrons. The van der Waals surface area contributed by atoms with Gasteiger partial charge in [-0.1, -0.05) is 6.07 Å². The molecule has 0 fully saturated rings. The van der Waals surface area contributed by atoms with Gasteiger partial charge in [0.1, 0.15) is 5.82 Å². The fourth-order valence-corrected chi connectivity index (χ4v) is 2.41. The highest BCUT2D eigenvalue weighted by Gasteiger charge is 2.04. The van der Waals surface area contributed by atoms with Crippen molar-refractivity contribution in [1.29, 1.82) is 0 Å². The third kappa shape index (κ3) is 3.15. The molecule has 0 amide bonds. The number of aryl methyl sites for hydroxylation is 2. The molecule has 3 rings (SSSR count). The molecular formula is C17H18N4O. The average Bonchev–Trinajstić information content (AvgIpc) is 2.95. The first kappa shape index (κ1) is 14.3. The summed E-state index contributed by atoms with van der Waals surface area (Å²) in [6, 6.07) is 9.93. The van der Waals surface area contributed by atoms with Gasteiger partial charge in [-0.3, -0.25) is 0 Å². The number of hydrogen-bond acceptors (Lipinski definition) is 4. The lowest BCUT2D eigenvalue weighted by molar-refractivity contribution is 0.282. The molecule has 5 heteroatoms. The molecule has 2 aromatic heterocycles. The smallest absolute Gasteiger partial charge is 0.229 e. The van der Waals surface area contributed by atoms with Crippen molar-refractivity contribution in [2.75, 3.05) is 5.32 Å². The maximum Gasteiger partial charge on any atom is 0.229 e. The van der Waals surface area contributed by atoms with Crippen molar-refractivity contribution in [2.24, 2.45) is 0 Å². The predicted octanol–water partition coefficient (Wildman–Crippen LogP) is 3.12. The number of benzene rings is 1. The molecule has 2 heterocycles. The van der Waals surface area contributed by atoms with Crippen LogP contribution in [0, 0.1) is 13.8 Å². The molecule has 0 aliphatic heterocycles. The minimum absolute atomic E-state index is 0.0196. The van der Waals surface area contributed by atoms with E-state index in [1.165, 1.54) is 11.1 Å². The summed E-state index contributed by atoms with van der Waals surface area (Å²) in [5.41, 5.74) is 4.20. The third-order valence-electron chi connectivity index (χ3n) is 3.32. The molecule has 0 aliphatic rings. The molecule has 22 heavy (non-hydrogen) atoms. The van der Waals surface area contributed by atoms with Gasteiger partial charge in [-0.15, -0.1) is 0 Å². The maximum absolute atomic E-state index is 9.14. The van der Waals surface area contributed by atoms with E-state index in [9.17, 15) is 0 Å². The Labute approximate surface area is 129 Å². The Balaban J connectivity index is 1.87. The Morgan fingerprint density at radius 1 is 1.14 bits per heavy atom. The van der Waals surface area contributed by atoms with Crippen LogP contribution in [0.5, 0.6) is 0 Å². The van der Waals surface area contributed by atoms with Gasteiger partial charge in [-0.05, 0) is 54.8 Å². The minimum atomic E-state index is 0.0196. The van der Waals surface area contributed by atoms with Crippen LogP contribution in [0.1, 0.15) is 16.7 Å². The number of aromatic nitrogens is 3. The van der Waals surface area contributed by atoms with Crippen molar-refractivity contribution in [3.05, 3.63) is 65.6 Å². The minimum Gasteiger partial charge on any atom is -0.392 e. The summed E-state index contributed by atoms with van der Waals surface area (Å²) in [7, 11) is 0. The number of nitrogens with zero attached hydrogens (tertiary/aromatic N) is 3. The topological polar surface area (TPSA) is 63.0 Å². The molecule has 1 aromatic carbocycles. The van der Waals surface area contributed by atoms with Crippen LogP contribution in [0.15, 0.2) is 48.9 Å². The first-order valence-electron chi connectivity index (χ1n) is 7.10. The predicted molar refractivity (Wildman–Crippen MR) is 86.5 cm³/mol. The summed E-state index contributed by atoms with van der Waals surface area (Å²) in [4.78, 5) is 8.77. The third-order valence-corrected chi connectivity index (χ3v) is 3.32. The van der Waals surface area contributed by atoms with Crippen LogP contribution in [0.4, 0.5) is 11.6 Å². The molecule has 0 spiro atoms. The SMILES string of the molecule is Cc1cc(C)cc(Nc2nccc(-n3ccc(CO)c3)n2)c1. The molecule has 0 saturated carbocycles. The van der Waals surface area contributed by atoms with E-state index in [4.69, 9.17) is 5.11 Å². The van der Waals surface area contributed by atoms with Crippen molar-refractivity contribution in [3.8, 4) is 5.82 Å². The lowest BCUT2D eigenvalue weighted by atomic mass is 10.1. The van der Waals surface area contributed by atoms with Crippen LogP contribution in [-0.4, -0.2) is 19.6 Å². The number of rotatable bonds is 4. The van der Waals surface area contributed by atoms with Crippen molar-refractivity contribution < 1.29 is 5.11 Å². The Morgan fingerprint density at radius 3 is 2.59 bits per heavy atom. The highest BCUT2D eigenvalue weighted by Crippen LogP contribution is 2.18. The fourth-order valence-electron chi connectivity index (χ4n) is 2.41. The molecule has 0 saturated heterocycles. The standard InChI is InChI=1S/C17H18N4O/c1-12-7-13(2)9-15(8-12)19-17-18-5-3-16(20-17)21-6-4-14(10-21)11-22/h3-10,22H,11H2,1-2H3,(H,18,19,20). The van der Waals surface area contributed by atoms with E-state index in [1.807, 2.05) is 29.1 Å². The van der Waals surface area contributed by atoms with Crippen molar-refractivity contribution in [1.82, 2.24) is 14.5 Å². The van der Waals surface area contributed by atoms with Gasteiger partial charge in [0.2, 0.25) is 5.95 Å². The van der Waals surface area contributed by atoms with Crippen LogP contribution in [0.3, 0.4) is 0 Å². The van der Waals surface area contributed by atoms with Crippen LogP contribution >= 0.6 is 0 Å². The zero-order valence-electron chi connectivity index (χ0n) is 12.6. The quantitative estimate of drug-likeness (QED) is 0.776. The molecule has 0 atom stereocenters. The Bertz CT molecular complexity index is 775. The van der Waals surface area contributed by atoms with E-state index in [0.717, 1.165) is 17.1 Å². The molecule has 0 bridgehead atoms. The summed E-state index contributed by atoms with van der Waals surface area (Å²) in [5, 5.41) is 12.4. The van der Waals surface area contributed by atoms with E-state index in [0.29, 0.717) is 5.95 Å².